The summed E-state index contributed by atoms with van der Waals surface area (Å²) in [6.45, 7) is 0.242. The van der Waals surface area contributed by atoms with E-state index >= 15 is 0 Å². The fourth-order valence-corrected chi connectivity index (χ4v) is 3.81. The van der Waals surface area contributed by atoms with Gasteiger partial charge in [0.2, 0.25) is 10.0 Å². The standard InChI is InChI=1S/C14H19N5O3S2/c1-18(2)13(20)11-5-4-6-12(9-11)24(21,22)16-7-8-23-14-17-15-10-19(14)3/h4-6,9-10,16H,7-8H2,1-3H3. The molecule has 0 bridgehead atoms. The van der Waals surface area contributed by atoms with E-state index in [9.17, 15) is 13.2 Å². The molecule has 1 heterocycles. The lowest BCUT2D eigenvalue weighted by molar-refractivity contribution is 0.0827. The zero-order valence-electron chi connectivity index (χ0n) is 13.6. The molecule has 0 radical (unpaired) electrons. The maximum atomic E-state index is 12.3. The van der Waals surface area contributed by atoms with Crippen LogP contribution in [0.3, 0.4) is 0 Å². The lowest BCUT2D eigenvalue weighted by Gasteiger charge is -2.12. The molecule has 10 heteroatoms. The van der Waals surface area contributed by atoms with Crippen LogP contribution >= 0.6 is 11.8 Å². The SMILES string of the molecule is CN(C)C(=O)c1cccc(S(=O)(=O)NCCSc2nncn2C)c1. The van der Waals surface area contributed by atoms with E-state index in [1.54, 1.807) is 37.1 Å². The van der Waals surface area contributed by atoms with Gasteiger partial charge < -0.3 is 9.47 Å². The topological polar surface area (TPSA) is 97.2 Å². The molecule has 0 fully saturated rings. The predicted molar refractivity (Wildman–Crippen MR) is 91.4 cm³/mol. The Morgan fingerprint density at radius 1 is 1.38 bits per heavy atom. The highest BCUT2D eigenvalue weighted by molar-refractivity contribution is 7.99. The molecule has 0 unspecified atom stereocenters. The van der Waals surface area contributed by atoms with E-state index in [0.717, 1.165) is 0 Å². The van der Waals surface area contributed by atoms with E-state index in [1.807, 2.05) is 7.05 Å². The Balaban J connectivity index is 1.98. The molecule has 1 aromatic heterocycles. The van der Waals surface area contributed by atoms with E-state index in [2.05, 4.69) is 14.9 Å². The number of hydrogen-bond acceptors (Lipinski definition) is 6. The molecule has 0 aliphatic rings. The van der Waals surface area contributed by atoms with Crippen molar-refractivity contribution in [3.8, 4) is 0 Å². The van der Waals surface area contributed by atoms with Crippen molar-refractivity contribution in [3.63, 3.8) is 0 Å². The average molecular weight is 369 g/mol. The van der Waals surface area contributed by atoms with Crippen LogP contribution in [-0.4, -0.2) is 60.4 Å². The number of nitrogens with zero attached hydrogens (tertiary/aromatic N) is 4. The van der Waals surface area contributed by atoms with Gasteiger partial charge >= 0.3 is 0 Å². The van der Waals surface area contributed by atoms with Gasteiger partial charge in [0.25, 0.3) is 5.91 Å². The molecule has 0 aliphatic heterocycles. The first-order valence-corrected chi connectivity index (χ1v) is 9.56. The molecular formula is C14H19N5O3S2. The van der Waals surface area contributed by atoms with Gasteiger partial charge in [0.1, 0.15) is 6.33 Å². The van der Waals surface area contributed by atoms with Crippen LogP contribution in [0.15, 0.2) is 40.6 Å². The predicted octanol–water partition coefficient (Wildman–Crippen LogP) is 0.587. The molecule has 2 aromatic rings. The summed E-state index contributed by atoms with van der Waals surface area (Å²) in [6, 6.07) is 5.98. The van der Waals surface area contributed by atoms with Crippen LogP contribution in [0.2, 0.25) is 0 Å². The summed E-state index contributed by atoms with van der Waals surface area (Å²) < 4.78 is 28.9. The lowest BCUT2D eigenvalue weighted by Crippen LogP contribution is -2.27. The number of carbonyl (C=O) groups is 1. The molecule has 130 valence electrons. The molecule has 0 aliphatic carbocycles. The number of rotatable bonds is 7. The van der Waals surface area contributed by atoms with Gasteiger partial charge in [-0.15, -0.1) is 10.2 Å². The van der Waals surface area contributed by atoms with Crippen molar-refractivity contribution in [2.24, 2.45) is 7.05 Å². The third kappa shape index (κ3) is 4.56. The van der Waals surface area contributed by atoms with Crippen molar-refractivity contribution < 1.29 is 13.2 Å². The first kappa shape index (κ1) is 18.4. The second-order valence-corrected chi connectivity index (χ2v) is 8.03. The highest BCUT2D eigenvalue weighted by atomic mass is 32.2. The molecule has 0 saturated carbocycles. The van der Waals surface area contributed by atoms with Gasteiger partial charge in [-0.25, -0.2) is 13.1 Å². The molecule has 1 amide bonds. The monoisotopic (exact) mass is 369 g/mol. The van der Waals surface area contributed by atoms with Crippen LogP contribution in [0.4, 0.5) is 0 Å². The largest absolute Gasteiger partial charge is 0.345 e. The number of nitrogens with one attached hydrogen (secondary N) is 1. The van der Waals surface area contributed by atoms with Crippen molar-refractivity contribution in [1.82, 2.24) is 24.4 Å². The summed E-state index contributed by atoms with van der Waals surface area (Å²) in [5.74, 6) is 0.270. The number of carbonyl (C=O) groups excluding carboxylic acids is 1. The minimum absolute atomic E-state index is 0.0684. The van der Waals surface area contributed by atoms with E-state index in [1.165, 1.54) is 28.8 Å². The Kier molecular flexibility index (Phi) is 5.97. The second kappa shape index (κ2) is 7.77. The van der Waals surface area contributed by atoms with E-state index in [4.69, 9.17) is 0 Å². The number of hydrogen-bond donors (Lipinski definition) is 1. The van der Waals surface area contributed by atoms with Crippen molar-refractivity contribution in [2.45, 2.75) is 10.1 Å². The van der Waals surface area contributed by atoms with Crippen LogP contribution in [0.5, 0.6) is 0 Å². The molecule has 8 nitrogen and oxygen atoms in total. The minimum atomic E-state index is -3.67. The molecule has 0 spiro atoms. The highest BCUT2D eigenvalue weighted by Gasteiger charge is 2.16. The number of sulfonamides is 1. The van der Waals surface area contributed by atoms with Crippen molar-refractivity contribution in [3.05, 3.63) is 36.2 Å². The van der Waals surface area contributed by atoms with E-state index in [0.29, 0.717) is 16.5 Å². The zero-order chi connectivity index (χ0) is 17.7. The fourth-order valence-electron chi connectivity index (χ4n) is 1.86. The summed E-state index contributed by atoms with van der Waals surface area (Å²) >= 11 is 1.40. The van der Waals surface area contributed by atoms with Crippen molar-refractivity contribution in [2.75, 3.05) is 26.4 Å². The maximum absolute atomic E-state index is 12.3. The third-order valence-electron chi connectivity index (χ3n) is 3.09. The maximum Gasteiger partial charge on any atom is 0.253 e. The molecule has 1 aromatic carbocycles. The Morgan fingerprint density at radius 2 is 2.12 bits per heavy atom. The van der Waals surface area contributed by atoms with Crippen molar-refractivity contribution >= 4 is 27.7 Å². The highest BCUT2D eigenvalue weighted by Crippen LogP contribution is 2.14. The molecule has 24 heavy (non-hydrogen) atoms. The van der Waals surface area contributed by atoms with Gasteiger partial charge in [-0.1, -0.05) is 17.8 Å². The van der Waals surface area contributed by atoms with Gasteiger partial charge in [0.05, 0.1) is 4.90 Å². The first-order chi connectivity index (χ1) is 11.3. The summed E-state index contributed by atoms with van der Waals surface area (Å²) in [6.07, 6.45) is 1.58. The van der Waals surface area contributed by atoms with Crippen LogP contribution in [-0.2, 0) is 17.1 Å². The summed E-state index contributed by atoms with van der Waals surface area (Å²) in [7, 11) is 1.38. The fraction of sp³-hybridized carbons (Fsp3) is 0.357. The van der Waals surface area contributed by atoms with Gasteiger partial charge in [-0.2, -0.15) is 0 Å². The smallest absolute Gasteiger partial charge is 0.253 e. The van der Waals surface area contributed by atoms with Crippen LogP contribution < -0.4 is 4.72 Å². The van der Waals surface area contributed by atoms with Gasteiger partial charge in [0, 0.05) is 39.0 Å². The van der Waals surface area contributed by atoms with Gasteiger partial charge in [0.15, 0.2) is 5.16 Å². The van der Waals surface area contributed by atoms with E-state index in [-0.39, 0.29) is 17.3 Å². The number of amides is 1. The van der Waals surface area contributed by atoms with Crippen LogP contribution in [0.1, 0.15) is 10.4 Å². The van der Waals surface area contributed by atoms with Crippen LogP contribution in [0, 0.1) is 0 Å². The molecule has 2 rings (SSSR count). The second-order valence-electron chi connectivity index (χ2n) is 5.20. The zero-order valence-corrected chi connectivity index (χ0v) is 15.3. The average Bonchev–Trinajstić information content (AvgIpc) is 2.96. The summed E-state index contributed by atoms with van der Waals surface area (Å²) in [5.41, 5.74) is 0.330. The number of aryl methyl sites for hydroxylation is 1. The summed E-state index contributed by atoms with van der Waals surface area (Å²) in [5, 5.41) is 8.38. The third-order valence-corrected chi connectivity index (χ3v) is 5.59. The Bertz CT molecular complexity index is 817. The van der Waals surface area contributed by atoms with Gasteiger partial charge in [-0.05, 0) is 18.2 Å². The number of benzene rings is 1. The lowest BCUT2D eigenvalue weighted by atomic mass is 10.2. The van der Waals surface area contributed by atoms with E-state index < -0.39 is 10.0 Å². The molecule has 1 N–H and O–H groups in total. The molecule has 0 atom stereocenters. The Hall–Kier alpha value is -1.91. The molecular weight excluding hydrogens is 350 g/mol. The Labute approximate surface area is 145 Å². The van der Waals surface area contributed by atoms with Crippen LogP contribution in [0.25, 0.3) is 0 Å². The summed E-state index contributed by atoms with van der Waals surface area (Å²) in [4.78, 5) is 13.4. The van der Waals surface area contributed by atoms with Gasteiger partial charge in [-0.3, -0.25) is 4.79 Å². The number of thioether (sulfide) groups is 1. The van der Waals surface area contributed by atoms with Crippen molar-refractivity contribution in [1.29, 1.82) is 0 Å². The molecule has 0 saturated heterocycles. The normalized spacial score (nSPS) is 11.5. The first-order valence-electron chi connectivity index (χ1n) is 7.09. The Morgan fingerprint density at radius 3 is 2.75 bits per heavy atom. The minimum Gasteiger partial charge on any atom is -0.345 e. The quantitative estimate of drug-likeness (QED) is 0.567. The number of aromatic nitrogens is 3.